The van der Waals surface area contributed by atoms with E-state index >= 15 is 0 Å². The van der Waals surface area contributed by atoms with Gasteiger partial charge in [0, 0.05) is 18.8 Å². The first-order chi connectivity index (χ1) is 15.8. The zero-order valence-corrected chi connectivity index (χ0v) is 20.1. The van der Waals surface area contributed by atoms with Crippen LogP contribution in [0.1, 0.15) is 37.3 Å². The molecule has 0 aliphatic carbocycles. The Morgan fingerprint density at radius 2 is 1.82 bits per heavy atom. The first kappa shape index (κ1) is 23.1. The number of fused-ring (bicyclic) bond motifs is 1. The molecule has 0 spiro atoms. The first-order valence-electron chi connectivity index (χ1n) is 10.7. The lowest BCUT2D eigenvalue weighted by atomic mass is 10.0. The van der Waals surface area contributed by atoms with Gasteiger partial charge in [-0.3, -0.25) is 14.7 Å². The molecule has 0 atom stereocenters. The molecule has 0 saturated heterocycles. The molecule has 4 rings (SSSR count). The molecule has 2 aromatic heterocycles. The van der Waals surface area contributed by atoms with Crippen LogP contribution in [0.15, 0.2) is 78.0 Å². The Labute approximate surface area is 197 Å². The Kier molecular flexibility index (Phi) is 6.85. The van der Waals surface area contributed by atoms with Gasteiger partial charge in [-0.05, 0) is 41.3 Å². The van der Waals surface area contributed by atoms with Crippen molar-refractivity contribution < 1.29 is 13.2 Å². The third kappa shape index (κ3) is 5.29. The number of hydrogen-bond donors (Lipinski definition) is 0. The largest absolute Gasteiger partial charge is 0.284 e. The Balaban J connectivity index is 1.65. The predicted octanol–water partition coefficient (Wildman–Crippen LogP) is 5.21. The summed E-state index contributed by atoms with van der Waals surface area (Å²) in [6.07, 6.45) is 3.24. The van der Waals surface area contributed by atoms with Gasteiger partial charge < -0.3 is 0 Å². The van der Waals surface area contributed by atoms with Gasteiger partial charge in [0.15, 0.2) is 15.0 Å². The number of carbonyl (C=O) groups excluding carboxylic acids is 1. The maximum atomic E-state index is 13.3. The van der Waals surface area contributed by atoms with E-state index < -0.39 is 9.84 Å². The number of pyridine rings is 1. The van der Waals surface area contributed by atoms with Gasteiger partial charge in [0.1, 0.15) is 0 Å². The van der Waals surface area contributed by atoms with Crippen LogP contribution in [0.2, 0.25) is 0 Å². The van der Waals surface area contributed by atoms with Gasteiger partial charge in [-0.2, -0.15) is 0 Å². The van der Waals surface area contributed by atoms with Gasteiger partial charge in [-0.25, -0.2) is 13.4 Å². The minimum Gasteiger partial charge on any atom is -0.284 e. The van der Waals surface area contributed by atoms with Crippen LogP contribution in [0.3, 0.4) is 0 Å². The number of nitrogens with zero attached hydrogens (tertiary/aromatic N) is 3. The molecule has 170 valence electrons. The van der Waals surface area contributed by atoms with Gasteiger partial charge in [0.2, 0.25) is 5.91 Å². The maximum absolute atomic E-state index is 13.3. The molecular weight excluding hydrogens is 454 g/mol. The lowest BCUT2D eigenvalue weighted by Gasteiger charge is -2.20. The van der Waals surface area contributed by atoms with Crippen molar-refractivity contribution in [2.45, 2.75) is 37.6 Å². The van der Waals surface area contributed by atoms with Crippen molar-refractivity contribution in [3.63, 3.8) is 0 Å². The van der Waals surface area contributed by atoms with Crippen LogP contribution >= 0.6 is 11.3 Å². The van der Waals surface area contributed by atoms with Crippen LogP contribution in [0.4, 0.5) is 5.13 Å². The number of anilines is 1. The molecule has 4 aromatic rings. The zero-order chi connectivity index (χ0) is 23.4. The molecule has 0 aliphatic rings. The normalized spacial score (nSPS) is 11.7. The fourth-order valence-electron chi connectivity index (χ4n) is 3.58. The number of sulfone groups is 1. The second-order valence-corrected chi connectivity index (χ2v) is 11.2. The third-order valence-electron chi connectivity index (χ3n) is 5.34. The monoisotopic (exact) mass is 479 g/mol. The molecule has 2 heterocycles. The SMILES string of the molecule is CC(C)c1cccc2sc(N(Cc3cccnc3)C(=O)CCS(=O)(=O)c3ccccc3)nc12. The summed E-state index contributed by atoms with van der Waals surface area (Å²) in [7, 11) is -3.56. The molecule has 0 unspecified atom stereocenters. The number of hydrogen-bond acceptors (Lipinski definition) is 6. The number of para-hydroxylation sites is 1. The van der Waals surface area contributed by atoms with Crippen molar-refractivity contribution in [3.8, 4) is 0 Å². The van der Waals surface area contributed by atoms with E-state index in [2.05, 4.69) is 24.9 Å². The Morgan fingerprint density at radius 1 is 1.03 bits per heavy atom. The average Bonchev–Trinajstić information content (AvgIpc) is 3.26. The molecule has 0 aliphatic heterocycles. The zero-order valence-electron chi connectivity index (χ0n) is 18.5. The quantitative estimate of drug-likeness (QED) is 0.346. The number of thiazole rings is 1. The van der Waals surface area contributed by atoms with Gasteiger partial charge >= 0.3 is 0 Å². The summed E-state index contributed by atoms with van der Waals surface area (Å²) < 4.78 is 26.4. The Morgan fingerprint density at radius 3 is 2.52 bits per heavy atom. The molecule has 2 aromatic carbocycles. The Hall–Kier alpha value is -3.10. The van der Waals surface area contributed by atoms with E-state index in [9.17, 15) is 13.2 Å². The second-order valence-electron chi connectivity index (χ2n) is 8.07. The van der Waals surface area contributed by atoms with E-state index in [0.717, 1.165) is 21.3 Å². The topological polar surface area (TPSA) is 80.2 Å². The van der Waals surface area contributed by atoms with Crippen LogP contribution in [0.25, 0.3) is 10.2 Å². The van der Waals surface area contributed by atoms with E-state index in [0.29, 0.717) is 11.0 Å². The van der Waals surface area contributed by atoms with Crippen LogP contribution in [0.5, 0.6) is 0 Å². The number of amides is 1. The highest BCUT2D eigenvalue weighted by atomic mass is 32.2. The van der Waals surface area contributed by atoms with Crippen LogP contribution < -0.4 is 4.90 Å². The minimum absolute atomic E-state index is 0.134. The summed E-state index contributed by atoms with van der Waals surface area (Å²) in [5.41, 5.74) is 2.85. The number of rotatable bonds is 8. The van der Waals surface area contributed by atoms with Crippen molar-refractivity contribution in [1.29, 1.82) is 0 Å². The van der Waals surface area contributed by atoms with Gasteiger partial charge in [0.25, 0.3) is 0 Å². The molecule has 6 nitrogen and oxygen atoms in total. The summed E-state index contributed by atoms with van der Waals surface area (Å²) in [5.74, 6) is -0.257. The molecule has 0 saturated carbocycles. The summed E-state index contributed by atoms with van der Waals surface area (Å²) in [6.45, 7) is 4.50. The molecule has 33 heavy (non-hydrogen) atoms. The van der Waals surface area contributed by atoms with Crippen molar-refractivity contribution in [2.24, 2.45) is 0 Å². The molecule has 0 radical (unpaired) electrons. The van der Waals surface area contributed by atoms with E-state index in [1.54, 1.807) is 47.6 Å². The number of aromatic nitrogens is 2. The smallest absolute Gasteiger partial charge is 0.230 e. The number of benzene rings is 2. The van der Waals surface area contributed by atoms with Crippen molar-refractivity contribution in [3.05, 3.63) is 84.2 Å². The summed E-state index contributed by atoms with van der Waals surface area (Å²) in [6, 6.07) is 18.0. The van der Waals surface area contributed by atoms with Crippen molar-refractivity contribution in [1.82, 2.24) is 9.97 Å². The maximum Gasteiger partial charge on any atom is 0.230 e. The van der Waals surface area contributed by atoms with E-state index in [1.165, 1.54) is 11.3 Å². The summed E-state index contributed by atoms with van der Waals surface area (Å²) >= 11 is 1.44. The Bertz CT molecular complexity index is 1350. The van der Waals surface area contributed by atoms with E-state index in [1.807, 2.05) is 24.3 Å². The fourth-order valence-corrected chi connectivity index (χ4v) is 5.85. The second kappa shape index (κ2) is 9.80. The number of carbonyl (C=O) groups is 1. The molecule has 0 bridgehead atoms. The molecule has 0 N–H and O–H groups in total. The van der Waals surface area contributed by atoms with Crippen molar-refractivity contribution in [2.75, 3.05) is 10.7 Å². The summed E-state index contributed by atoms with van der Waals surface area (Å²) in [4.78, 5) is 24.1. The highest BCUT2D eigenvalue weighted by Crippen LogP contribution is 2.34. The predicted molar refractivity (Wildman–Crippen MR) is 132 cm³/mol. The van der Waals surface area contributed by atoms with Crippen LogP contribution in [-0.4, -0.2) is 30.0 Å². The minimum atomic E-state index is -3.56. The van der Waals surface area contributed by atoms with E-state index in [-0.39, 0.29) is 29.5 Å². The highest BCUT2D eigenvalue weighted by molar-refractivity contribution is 7.91. The lowest BCUT2D eigenvalue weighted by molar-refractivity contribution is -0.118. The highest BCUT2D eigenvalue weighted by Gasteiger charge is 2.24. The standard InChI is InChI=1S/C25H25N3O3S2/c1-18(2)21-11-6-12-22-24(21)27-25(32-22)28(17-19-8-7-14-26-16-19)23(29)13-15-33(30,31)20-9-4-3-5-10-20/h3-12,14,16,18H,13,15,17H2,1-2H3. The molecule has 1 amide bonds. The van der Waals surface area contributed by atoms with Crippen molar-refractivity contribution >= 4 is 42.4 Å². The van der Waals surface area contributed by atoms with Gasteiger partial charge in [-0.15, -0.1) is 0 Å². The van der Waals surface area contributed by atoms with E-state index in [4.69, 9.17) is 4.98 Å². The van der Waals surface area contributed by atoms with Gasteiger partial charge in [-0.1, -0.05) is 61.6 Å². The first-order valence-corrected chi connectivity index (χ1v) is 13.2. The molecular formula is C25H25N3O3S2. The third-order valence-corrected chi connectivity index (χ3v) is 8.12. The fraction of sp³-hybridized carbons (Fsp3) is 0.240. The van der Waals surface area contributed by atoms with Crippen LogP contribution in [0, 0.1) is 0 Å². The lowest BCUT2D eigenvalue weighted by Crippen LogP contribution is -2.31. The van der Waals surface area contributed by atoms with Crippen LogP contribution in [-0.2, 0) is 21.2 Å². The molecule has 0 fully saturated rings. The summed E-state index contributed by atoms with van der Waals surface area (Å²) in [5, 5.41) is 0.559. The molecule has 8 heteroatoms. The average molecular weight is 480 g/mol. The van der Waals surface area contributed by atoms with Gasteiger partial charge in [0.05, 0.1) is 27.4 Å².